The minimum absolute atomic E-state index is 0.347. The monoisotopic (exact) mass is 385 g/mol. The van der Waals surface area contributed by atoms with E-state index < -0.39 is 10.0 Å². The molecule has 2 rings (SSSR count). The van der Waals surface area contributed by atoms with Gasteiger partial charge in [-0.3, -0.25) is 4.72 Å². The number of nitrogens with zero attached hydrogens (tertiary/aromatic N) is 1. The minimum Gasteiger partial charge on any atom is -0.496 e. The van der Waals surface area contributed by atoms with Crippen LogP contribution < -0.4 is 15.2 Å². The van der Waals surface area contributed by atoms with E-state index in [1.807, 2.05) is 6.07 Å². The lowest BCUT2D eigenvalue weighted by Crippen LogP contribution is -2.11. The zero-order valence-corrected chi connectivity index (χ0v) is 14.7. The van der Waals surface area contributed by atoms with Crippen LogP contribution in [0, 0.1) is 6.92 Å². The summed E-state index contributed by atoms with van der Waals surface area (Å²) in [4.78, 5) is 4.09. The van der Waals surface area contributed by atoms with Gasteiger partial charge in [0.15, 0.2) is 0 Å². The Morgan fingerprint density at radius 3 is 2.59 bits per heavy atom. The van der Waals surface area contributed by atoms with E-state index in [0.717, 1.165) is 10.7 Å². The Hall–Kier alpha value is -1.80. The first-order valence-electron chi connectivity index (χ1n) is 6.29. The SMILES string of the molecule is COc1cc(-c2cc(Br)cnc2N)cc(NS(C)(=O)=O)c1C. The van der Waals surface area contributed by atoms with E-state index >= 15 is 0 Å². The molecule has 0 saturated carbocycles. The number of methoxy groups -OCH3 is 1. The van der Waals surface area contributed by atoms with Crippen LogP contribution in [-0.2, 0) is 10.0 Å². The molecule has 1 aromatic heterocycles. The molecule has 0 radical (unpaired) electrons. The maximum absolute atomic E-state index is 11.5. The molecular weight excluding hydrogens is 370 g/mol. The first-order chi connectivity index (χ1) is 10.2. The number of ether oxygens (including phenoxy) is 1. The molecule has 0 amide bonds. The fourth-order valence-electron chi connectivity index (χ4n) is 2.04. The lowest BCUT2D eigenvalue weighted by molar-refractivity contribution is 0.412. The average Bonchev–Trinajstić information content (AvgIpc) is 2.42. The van der Waals surface area contributed by atoms with E-state index in [4.69, 9.17) is 10.5 Å². The number of nitrogen functional groups attached to an aromatic ring is 1. The summed E-state index contributed by atoms with van der Waals surface area (Å²) < 4.78 is 31.6. The van der Waals surface area contributed by atoms with Gasteiger partial charge in [0.05, 0.1) is 19.1 Å². The van der Waals surface area contributed by atoms with E-state index in [-0.39, 0.29) is 0 Å². The Kier molecular flexibility index (Phi) is 4.62. The quantitative estimate of drug-likeness (QED) is 0.843. The zero-order valence-electron chi connectivity index (χ0n) is 12.3. The van der Waals surface area contributed by atoms with Gasteiger partial charge in [-0.25, -0.2) is 13.4 Å². The number of pyridine rings is 1. The highest BCUT2D eigenvalue weighted by molar-refractivity contribution is 9.10. The van der Waals surface area contributed by atoms with Crippen LogP contribution in [0.3, 0.4) is 0 Å². The Labute approximate surface area is 137 Å². The Morgan fingerprint density at radius 2 is 2.00 bits per heavy atom. The maximum Gasteiger partial charge on any atom is 0.229 e. The van der Waals surface area contributed by atoms with Gasteiger partial charge in [-0.05, 0) is 46.6 Å². The fourth-order valence-corrected chi connectivity index (χ4v) is 2.98. The van der Waals surface area contributed by atoms with E-state index in [9.17, 15) is 8.42 Å². The Morgan fingerprint density at radius 1 is 1.32 bits per heavy atom. The second-order valence-electron chi connectivity index (χ2n) is 4.81. The highest BCUT2D eigenvalue weighted by atomic mass is 79.9. The molecular formula is C14H16BrN3O3S. The van der Waals surface area contributed by atoms with Crippen molar-refractivity contribution >= 4 is 37.5 Å². The number of nitrogens with two attached hydrogens (primary N) is 1. The largest absolute Gasteiger partial charge is 0.496 e. The molecule has 0 aliphatic heterocycles. The number of benzene rings is 1. The van der Waals surface area contributed by atoms with Crippen LogP contribution in [0.5, 0.6) is 5.75 Å². The van der Waals surface area contributed by atoms with Gasteiger partial charge >= 0.3 is 0 Å². The number of aromatic nitrogens is 1. The van der Waals surface area contributed by atoms with Crippen LogP contribution in [0.1, 0.15) is 5.56 Å². The lowest BCUT2D eigenvalue weighted by Gasteiger charge is -2.15. The molecule has 0 saturated heterocycles. The van der Waals surface area contributed by atoms with Crippen molar-refractivity contribution in [3.8, 4) is 16.9 Å². The third kappa shape index (κ3) is 3.69. The summed E-state index contributed by atoms with van der Waals surface area (Å²) in [6.07, 6.45) is 2.69. The van der Waals surface area contributed by atoms with Crippen molar-refractivity contribution in [2.75, 3.05) is 23.8 Å². The molecule has 1 aromatic carbocycles. The average molecular weight is 386 g/mol. The molecule has 0 spiro atoms. The van der Waals surface area contributed by atoms with Crippen LogP contribution in [0.25, 0.3) is 11.1 Å². The summed E-state index contributed by atoms with van der Waals surface area (Å²) in [5, 5.41) is 0. The second-order valence-corrected chi connectivity index (χ2v) is 7.48. The number of anilines is 2. The molecule has 0 aliphatic carbocycles. The van der Waals surface area contributed by atoms with Gasteiger partial charge < -0.3 is 10.5 Å². The molecule has 0 bridgehead atoms. The number of halogens is 1. The van der Waals surface area contributed by atoms with Crippen molar-refractivity contribution in [3.63, 3.8) is 0 Å². The molecule has 3 N–H and O–H groups in total. The molecule has 8 heteroatoms. The Bertz CT molecular complexity index is 822. The predicted octanol–water partition coefficient (Wildman–Crippen LogP) is 2.78. The number of rotatable bonds is 4. The topological polar surface area (TPSA) is 94.3 Å². The molecule has 1 heterocycles. The van der Waals surface area contributed by atoms with Crippen LogP contribution >= 0.6 is 15.9 Å². The standard InChI is InChI=1S/C14H16BrN3O3S/c1-8-12(18-22(3,19)20)4-9(5-13(8)21-2)11-6-10(15)7-17-14(11)16/h4-7,18H,1-3H3,(H2,16,17). The zero-order chi connectivity index (χ0) is 16.5. The van der Waals surface area contributed by atoms with Crippen LogP contribution in [0.2, 0.25) is 0 Å². The fraction of sp³-hybridized carbons (Fsp3) is 0.214. The van der Waals surface area contributed by atoms with E-state index in [2.05, 4.69) is 25.6 Å². The molecule has 118 valence electrons. The summed E-state index contributed by atoms with van der Waals surface area (Å²) in [7, 11) is -1.88. The predicted molar refractivity (Wildman–Crippen MR) is 91.5 cm³/mol. The number of nitrogens with one attached hydrogen (secondary N) is 1. The molecule has 22 heavy (non-hydrogen) atoms. The van der Waals surface area contributed by atoms with Crippen molar-refractivity contribution in [2.24, 2.45) is 0 Å². The second kappa shape index (κ2) is 6.13. The van der Waals surface area contributed by atoms with E-state index in [1.54, 1.807) is 25.3 Å². The van der Waals surface area contributed by atoms with Gasteiger partial charge in [0.25, 0.3) is 0 Å². The number of sulfonamides is 1. The molecule has 0 atom stereocenters. The summed E-state index contributed by atoms with van der Waals surface area (Å²) >= 11 is 3.35. The van der Waals surface area contributed by atoms with Gasteiger partial charge in [0.1, 0.15) is 11.6 Å². The van der Waals surface area contributed by atoms with Crippen molar-refractivity contribution in [3.05, 3.63) is 34.4 Å². The number of hydrogen-bond acceptors (Lipinski definition) is 5. The highest BCUT2D eigenvalue weighted by Crippen LogP contribution is 2.36. The third-order valence-electron chi connectivity index (χ3n) is 3.07. The summed E-state index contributed by atoms with van der Waals surface area (Å²) in [5.74, 6) is 0.905. The van der Waals surface area contributed by atoms with Crippen LogP contribution in [-0.4, -0.2) is 26.8 Å². The highest BCUT2D eigenvalue weighted by Gasteiger charge is 2.14. The van der Waals surface area contributed by atoms with Crippen LogP contribution in [0.4, 0.5) is 11.5 Å². The van der Waals surface area contributed by atoms with Gasteiger partial charge in [0.2, 0.25) is 10.0 Å². The maximum atomic E-state index is 11.5. The molecule has 0 fully saturated rings. The molecule has 2 aromatic rings. The third-order valence-corrected chi connectivity index (χ3v) is 4.10. The normalized spacial score (nSPS) is 11.3. The first-order valence-corrected chi connectivity index (χ1v) is 8.97. The van der Waals surface area contributed by atoms with Crippen LogP contribution in [0.15, 0.2) is 28.9 Å². The lowest BCUT2D eigenvalue weighted by atomic mass is 10.0. The Balaban J connectivity index is 2.67. The molecule has 0 unspecified atom stereocenters. The molecule has 6 nitrogen and oxygen atoms in total. The van der Waals surface area contributed by atoms with Gasteiger partial charge in [-0.1, -0.05) is 0 Å². The van der Waals surface area contributed by atoms with Crippen molar-refractivity contribution in [1.82, 2.24) is 4.98 Å². The first kappa shape index (κ1) is 16.6. The van der Waals surface area contributed by atoms with Gasteiger partial charge in [-0.15, -0.1) is 0 Å². The smallest absolute Gasteiger partial charge is 0.229 e. The van der Waals surface area contributed by atoms with Gasteiger partial charge in [0, 0.05) is 21.8 Å². The summed E-state index contributed by atoms with van der Waals surface area (Å²) in [6, 6.07) is 5.32. The minimum atomic E-state index is -3.40. The van der Waals surface area contributed by atoms with Crippen molar-refractivity contribution < 1.29 is 13.2 Å². The molecule has 0 aliphatic rings. The summed E-state index contributed by atoms with van der Waals surface area (Å²) in [6.45, 7) is 1.78. The van der Waals surface area contributed by atoms with Crippen molar-refractivity contribution in [1.29, 1.82) is 0 Å². The van der Waals surface area contributed by atoms with Gasteiger partial charge in [-0.2, -0.15) is 0 Å². The number of hydrogen-bond donors (Lipinski definition) is 2. The van der Waals surface area contributed by atoms with Crippen molar-refractivity contribution in [2.45, 2.75) is 6.92 Å². The van der Waals surface area contributed by atoms with E-state index in [1.165, 1.54) is 7.11 Å². The van der Waals surface area contributed by atoms with E-state index in [0.29, 0.717) is 33.9 Å². The summed E-state index contributed by atoms with van der Waals surface area (Å²) in [5.41, 5.74) is 8.44.